The van der Waals surface area contributed by atoms with Gasteiger partial charge in [0.05, 0.1) is 18.9 Å². The van der Waals surface area contributed by atoms with E-state index in [-0.39, 0.29) is 25.9 Å². The normalized spacial score (nSPS) is 22.6. The Bertz CT molecular complexity index is 772. The van der Waals surface area contributed by atoms with Crippen molar-refractivity contribution in [1.29, 1.82) is 0 Å². The summed E-state index contributed by atoms with van der Waals surface area (Å²) in [5, 5.41) is 11.7. The molecule has 0 unspecified atom stereocenters. The van der Waals surface area contributed by atoms with Gasteiger partial charge in [-0.15, -0.1) is 0 Å². The number of hydrogen-bond donors (Lipinski definition) is 5. The molecule has 13 nitrogen and oxygen atoms in total. The highest BCUT2D eigenvalue weighted by Gasteiger charge is 2.41. The number of carboxylic acids is 1. The molecule has 13 heteroatoms. The van der Waals surface area contributed by atoms with E-state index in [1.807, 2.05) is 0 Å². The minimum absolute atomic E-state index is 0.178. The summed E-state index contributed by atoms with van der Waals surface area (Å²) < 4.78 is 0. The number of carbonyl (C=O) groups excluding carboxylic acids is 5. The first-order valence-electron chi connectivity index (χ1n) is 9.99. The number of nitrogens with two attached hydrogens (primary N) is 3. The molecule has 31 heavy (non-hydrogen) atoms. The summed E-state index contributed by atoms with van der Waals surface area (Å²) >= 11 is 0. The molecule has 2 saturated heterocycles. The smallest absolute Gasteiger partial charge is 0.326 e. The predicted octanol–water partition coefficient (Wildman–Crippen LogP) is -3.38. The molecule has 0 bridgehead atoms. The van der Waals surface area contributed by atoms with Crippen molar-refractivity contribution in [3.8, 4) is 0 Å². The molecule has 2 rings (SSSR count). The SMILES string of the molecule is NC(=O)C[C@H](NC(=O)[C@@H]1CCCN1C(=O)[C@@H](N)CC(N)=O)C(=O)N1CCC[C@H]1C(=O)O. The third-order valence-electron chi connectivity index (χ3n) is 5.42. The van der Waals surface area contributed by atoms with E-state index in [4.69, 9.17) is 17.2 Å². The van der Waals surface area contributed by atoms with Crippen molar-refractivity contribution in [1.82, 2.24) is 15.1 Å². The fourth-order valence-electron chi connectivity index (χ4n) is 3.98. The Labute approximate surface area is 178 Å². The summed E-state index contributed by atoms with van der Waals surface area (Å²) in [6, 6.07) is -4.56. The van der Waals surface area contributed by atoms with E-state index in [1.165, 1.54) is 4.90 Å². The summed E-state index contributed by atoms with van der Waals surface area (Å²) in [4.78, 5) is 74.5. The lowest BCUT2D eigenvalue weighted by Crippen LogP contribution is -2.57. The molecule has 8 N–H and O–H groups in total. The number of carbonyl (C=O) groups is 6. The van der Waals surface area contributed by atoms with E-state index in [2.05, 4.69) is 5.32 Å². The molecule has 0 spiro atoms. The lowest BCUT2D eigenvalue weighted by molar-refractivity contribution is -0.150. The van der Waals surface area contributed by atoms with Gasteiger partial charge in [0, 0.05) is 13.1 Å². The first-order chi connectivity index (χ1) is 14.5. The molecule has 172 valence electrons. The van der Waals surface area contributed by atoms with E-state index in [0.717, 1.165) is 4.90 Å². The van der Waals surface area contributed by atoms with Gasteiger partial charge in [0.25, 0.3) is 0 Å². The van der Waals surface area contributed by atoms with Crippen LogP contribution in [0.15, 0.2) is 0 Å². The molecule has 2 fully saturated rings. The topological polar surface area (TPSA) is 219 Å². The first kappa shape index (κ1) is 24.1. The van der Waals surface area contributed by atoms with Gasteiger partial charge in [0.15, 0.2) is 0 Å². The zero-order valence-electron chi connectivity index (χ0n) is 17.0. The molecule has 5 amide bonds. The number of hydrogen-bond acceptors (Lipinski definition) is 7. The second-order valence-electron chi connectivity index (χ2n) is 7.73. The number of aliphatic carboxylic acids is 1. The lowest BCUT2D eigenvalue weighted by atomic mass is 10.1. The van der Waals surface area contributed by atoms with Crippen molar-refractivity contribution >= 4 is 35.5 Å². The molecular formula is C18H28N6O7. The van der Waals surface area contributed by atoms with E-state index in [9.17, 15) is 33.9 Å². The van der Waals surface area contributed by atoms with Crippen molar-refractivity contribution in [3.05, 3.63) is 0 Å². The number of nitrogens with zero attached hydrogens (tertiary/aromatic N) is 2. The molecule has 0 radical (unpaired) electrons. The molecule has 0 saturated carbocycles. The monoisotopic (exact) mass is 440 g/mol. The number of amides is 5. The van der Waals surface area contributed by atoms with E-state index in [0.29, 0.717) is 19.3 Å². The first-order valence-corrected chi connectivity index (χ1v) is 9.99. The van der Waals surface area contributed by atoms with Gasteiger partial charge in [0.2, 0.25) is 29.5 Å². The summed E-state index contributed by atoms with van der Waals surface area (Å²) in [7, 11) is 0. The average Bonchev–Trinajstić information content (AvgIpc) is 3.34. The van der Waals surface area contributed by atoms with Crippen LogP contribution in [0.2, 0.25) is 0 Å². The van der Waals surface area contributed by atoms with Crippen LogP contribution in [0.5, 0.6) is 0 Å². The maximum Gasteiger partial charge on any atom is 0.326 e. The van der Waals surface area contributed by atoms with Gasteiger partial charge in [-0.05, 0) is 25.7 Å². The highest BCUT2D eigenvalue weighted by Crippen LogP contribution is 2.21. The molecule has 2 heterocycles. The van der Waals surface area contributed by atoms with E-state index in [1.54, 1.807) is 0 Å². The highest BCUT2D eigenvalue weighted by molar-refractivity contribution is 5.97. The van der Waals surface area contributed by atoms with Crippen molar-refractivity contribution in [3.63, 3.8) is 0 Å². The zero-order chi connectivity index (χ0) is 23.3. The molecular weight excluding hydrogens is 412 g/mol. The summed E-state index contributed by atoms with van der Waals surface area (Å²) in [5.74, 6) is -4.83. The van der Waals surface area contributed by atoms with Crippen LogP contribution in [0.4, 0.5) is 0 Å². The Morgan fingerprint density at radius 3 is 1.90 bits per heavy atom. The third kappa shape index (κ3) is 5.90. The van der Waals surface area contributed by atoms with Crippen LogP contribution in [-0.2, 0) is 28.8 Å². The van der Waals surface area contributed by atoms with Crippen molar-refractivity contribution in [2.75, 3.05) is 13.1 Å². The summed E-state index contributed by atoms with van der Waals surface area (Å²) in [6.07, 6.45) is 0.630. The number of nitrogens with one attached hydrogen (secondary N) is 1. The van der Waals surface area contributed by atoms with Crippen LogP contribution in [0.1, 0.15) is 38.5 Å². The quantitative estimate of drug-likeness (QED) is 0.243. The van der Waals surface area contributed by atoms with Crippen LogP contribution in [0, 0.1) is 0 Å². The molecule has 0 aromatic heterocycles. The Kier molecular flexibility index (Phi) is 7.91. The number of likely N-dealkylation sites (tertiary alicyclic amines) is 2. The van der Waals surface area contributed by atoms with Gasteiger partial charge >= 0.3 is 5.97 Å². The van der Waals surface area contributed by atoms with E-state index >= 15 is 0 Å². The molecule has 0 aromatic carbocycles. The number of rotatable bonds is 9. The minimum Gasteiger partial charge on any atom is -0.480 e. The van der Waals surface area contributed by atoms with Crippen LogP contribution in [0.25, 0.3) is 0 Å². The van der Waals surface area contributed by atoms with Gasteiger partial charge in [-0.3, -0.25) is 24.0 Å². The van der Waals surface area contributed by atoms with Crippen LogP contribution < -0.4 is 22.5 Å². The van der Waals surface area contributed by atoms with Crippen molar-refractivity contribution in [2.24, 2.45) is 17.2 Å². The minimum atomic E-state index is -1.36. The summed E-state index contributed by atoms with van der Waals surface area (Å²) in [6.45, 7) is 0.405. The number of carboxylic acid groups (broad SMARTS) is 1. The van der Waals surface area contributed by atoms with Gasteiger partial charge in [-0.25, -0.2) is 4.79 Å². The van der Waals surface area contributed by atoms with Gasteiger partial charge in [0.1, 0.15) is 18.1 Å². The van der Waals surface area contributed by atoms with Gasteiger partial charge in [-0.2, -0.15) is 0 Å². The second-order valence-corrected chi connectivity index (χ2v) is 7.73. The van der Waals surface area contributed by atoms with Crippen LogP contribution in [-0.4, -0.2) is 87.7 Å². The Morgan fingerprint density at radius 2 is 1.39 bits per heavy atom. The second kappa shape index (κ2) is 10.2. The molecule has 0 aliphatic carbocycles. The van der Waals surface area contributed by atoms with Crippen LogP contribution >= 0.6 is 0 Å². The zero-order valence-corrected chi connectivity index (χ0v) is 17.0. The van der Waals surface area contributed by atoms with Crippen molar-refractivity contribution in [2.45, 2.75) is 62.7 Å². The standard InChI is InChI=1S/C18H28N6O7/c19-9(7-13(20)25)16(28)23-5-1-3-11(23)15(27)22-10(8-14(21)26)17(29)24-6-2-4-12(24)18(30)31/h9-12H,1-8,19H2,(H2,20,25)(H2,21,26)(H,22,27)(H,30,31)/t9-,10-,11-,12-/m0/s1. The van der Waals surface area contributed by atoms with Gasteiger partial charge in [-0.1, -0.05) is 0 Å². The Balaban J connectivity index is 2.13. The Morgan fingerprint density at radius 1 is 0.871 bits per heavy atom. The Hall–Kier alpha value is -3.22. The predicted molar refractivity (Wildman–Crippen MR) is 105 cm³/mol. The largest absolute Gasteiger partial charge is 0.480 e. The lowest BCUT2D eigenvalue weighted by Gasteiger charge is -2.30. The van der Waals surface area contributed by atoms with Crippen LogP contribution in [0.3, 0.4) is 0 Å². The maximum atomic E-state index is 12.9. The average molecular weight is 440 g/mol. The third-order valence-corrected chi connectivity index (χ3v) is 5.42. The molecule has 4 atom stereocenters. The molecule has 0 aromatic rings. The number of primary amides is 2. The molecule has 2 aliphatic rings. The summed E-state index contributed by atoms with van der Waals surface area (Å²) in [5.41, 5.74) is 16.0. The fourth-order valence-corrected chi connectivity index (χ4v) is 3.98. The highest BCUT2D eigenvalue weighted by atomic mass is 16.4. The fraction of sp³-hybridized carbons (Fsp3) is 0.667. The maximum absolute atomic E-state index is 12.9. The van der Waals surface area contributed by atoms with Gasteiger partial charge < -0.3 is 37.4 Å². The van der Waals surface area contributed by atoms with Crippen molar-refractivity contribution < 1.29 is 33.9 Å². The molecule has 2 aliphatic heterocycles. The van der Waals surface area contributed by atoms with E-state index < -0.39 is 66.1 Å².